The maximum absolute atomic E-state index is 5.48. The number of hydrogen-bond acceptors (Lipinski definition) is 4. The highest BCUT2D eigenvalue weighted by atomic mass is 32.2. The highest BCUT2D eigenvalue weighted by Gasteiger charge is 2.25. The second kappa shape index (κ2) is 11.4. The van der Waals surface area contributed by atoms with E-state index in [2.05, 4.69) is 115 Å². The summed E-state index contributed by atoms with van der Waals surface area (Å²) in [5, 5.41) is 2.57. The van der Waals surface area contributed by atoms with Crippen LogP contribution in [0.25, 0.3) is 28.4 Å². The number of nitrogens with zero attached hydrogens (tertiary/aromatic N) is 2. The molecule has 37 heavy (non-hydrogen) atoms. The number of ether oxygens (including phenoxy) is 1. The van der Waals surface area contributed by atoms with Crippen molar-refractivity contribution < 1.29 is 9.30 Å². The van der Waals surface area contributed by atoms with Crippen LogP contribution in [0.4, 0.5) is 5.69 Å². The lowest BCUT2D eigenvalue weighted by Gasteiger charge is -2.18. The summed E-state index contributed by atoms with van der Waals surface area (Å²) in [4.78, 5) is 3.67. The number of aromatic nitrogens is 1. The summed E-state index contributed by atoms with van der Waals surface area (Å²) in [5.41, 5.74) is 6.30. The van der Waals surface area contributed by atoms with E-state index in [-0.39, 0.29) is 0 Å². The molecule has 0 atom stereocenters. The molecule has 0 fully saturated rings. The largest absolute Gasteiger partial charge is 0.497 e. The first kappa shape index (κ1) is 25.4. The minimum absolute atomic E-state index is 0.901. The third-order valence-corrected chi connectivity index (χ3v) is 8.83. The highest BCUT2D eigenvalue weighted by molar-refractivity contribution is 8.03. The molecule has 0 unspecified atom stereocenters. The quantitative estimate of drug-likeness (QED) is 0.169. The van der Waals surface area contributed by atoms with Crippen LogP contribution in [0.15, 0.2) is 88.3 Å². The molecule has 0 radical (unpaired) electrons. The first-order chi connectivity index (χ1) is 18.1. The number of anilines is 1. The summed E-state index contributed by atoms with van der Waals surface area (Å²) < 4.78 is 9.22. The molecule has 0 bridgehead atoms. The van der Waals surface area contributed by atoms with Gasteiger partial charge < -0.3 is 9.64 Å². The van der Waals surface area contributed by atoms with Crippen LogP contribution < -0.4 is 14.2 Å². The normalized spacial score (nSPS) is 14.8. The fraction of sp³-hybridized carbons (Fsp3) is 0.219. The van der Waals surface area contributed by atoms with Crippen LogP contribution in [0.5, 0.6) is 5.75 Å². The Balaban J connectivity index is 1.47. The lowest BCUT2D eigenvalue weighted by atomic mass is 10.1. The summed E-state index contributed by atoms with van der Waals surface area (Å²) in [6.07, 6.45) is 10.1. The van der Waals surface area contributed by atoms with Gasteiger partial charge in [-0.05, 0) is 67.3 Å². The molecule has 188 valence electrons. The van der Waals surface area contributed by atoms with Gasteiger partial charge in [0.1, 0.15) is 17.0 Å². The Bertz CT molecular complexity index is 1500. The highest BCUT2D eigenvalue weighted by Crippen LogP contribution is 2.47. The molecule has 3 aromatic carbocycles. The van der Waals surface area contributed by atoms with Crippen LogP contribution in [0.1, 0.15) is 43.3 Å². The summed E-state index contributed by atoms with van der Waals surface area (Å²) in [7, 11) is 1.73. The van der Waals surface area contributed by atoms with E-state index in [1.807, 2.05) is 29.2 Å². The smallest absolute Gasteiger partial charge is 0.263 e. The molecule has 2 heterocycles. The van der Waals surface area contributed by atoms with E-state index in [0.717, 1.165) is 25.3 Å². The summed E-state index contributed by atoms with van der Waals surface area (Å²) in [6.45, 7) is 8.55. The lowest BCUT2D eigenvalue weighted by Crippen LogP contribution is -2.33. The first-order valence-corrected chi connectivity index (χ1v) is 14.5. The van der Waals surface area contributed by atoms with Gasteiger partial charge in [0.2, 0.25) is 5.52 Å². The van der Waals surface area contributed by atoms with Crippen molar-refractivity contribution in [2.45, 2.75) is 38.6 Å². The van der Waals surface area contributed by atoms with E-state index in [0.29, 0.717) is 0 Å². The molecule has 0 spiro atoms. The Kier molecular flexibility index (Phi) is 7.82. The first-order valence-electron chi connectivity index (χ1n) is 12.9. The third kappa shape index (κ3) is 5.39. The predicted octanol–water partition coefficient (Wildman–Crippen LogP) is 8.65. The van der Waals surface area contributed by atoms with Gasteiger partial charge in [-0.2, -0.15) is 4.57 Å². The molecule has 0 saturated carbocycles. The fourth-order valence-corrected chi connectivity index (χ4v) is 7.05. The topological polar surface area (TPSA) is 16.4 Å². The molecule has 4 aromatic rings. The number of thioether (sulfide) groups is 1. The van der Waals surface area contributed by atoms with Gasteiger partial charge in [0.15, 0.2) is 0 Å². The molecule has 5 heteroatoms. The Labute approximate surface area is 228 Å². The Morgan fingerprint density at radius 2 is 1.76 bits per heavy atom. The number of rotatable bonds is 8. The van der Waals surface area contributed by atoms with E-state index < -0.39 is 0 Å². The van der Waals surface area contributed by atoms with Crippen molar-refractivity contribution in [2.75, 3.05) is 18.6 Å². The van der Waals surface area contributed by atoms with Gasteiger partial charge >= 0.3 is 0 Å². The average Bonchev–Trinajstić information content (AvgIpc) is 3.47. The van der Waals surface area contributed by atoms with Crippen LogP contribution >= 0.6 is 23.1 Å². The summed E-state index contributed by atoms with van der Waals surface area (Å²) in [5.74, 6) is 0.901. The SMILES string of the molecule is CCC(=Cc1sc2cc(C=Cc3ccccc3)ccc2[n+]1CC)C=C1Sc2ccc(OC)cc2N1CC. The fourth-order valence-electron chi connectivity index (χ4n) is 4.62. The van der Waals surface area contributed by atoms with E-state index >= 15 is 0 Å². The standard InChI is InChI=1S/C32H33N2OS2/c1-5-23(21-32-34(7-3)28-22-26(35-4)16-18-29(28)36-32)20-31-33(6-2)27-17-15-25(19-30(27)37-31)14-13-24-11-9-8-10-12-24/h8-22H,5-7H2,1-4H3/q+1. The number of hydrogen-bond donors (Lipinski definition) is 0. The molecule has 0 amide bonds. The summed E-state index contributed by atoms with van der Waals surface area (Å²) >= 11 is 3.71. The van der Waals surface area contributed by atoms with Gasteiger partial charge in [0, 0.05) is 29.6 Å². The molecular formula is C32H33N2OS2+. The van der Waals surface area contributed by atoms with E-state index in [1.165, 1.54) is 47.5 Å². The Hall–Kier alpha value is -3.28. The molecule has 0 aliphatic carbocycles. The second-order valence-electron chi connectivity index (χ2n) is 8.89. The van der Waals surface area contributed by atoms with Crippen LogP contribution in [0, 0.1) is 0 Å². The second-order valence-corrected chi connectivity index (χ2v) is 11.0. The van der Waals surface area contributed by atoms with Crippen LogP contribution in [-0.2, 0) is 6.54 Å². The van der Waals surface area contributed by atoms with Gasteiger partial charge in [-0.3, -0.25) is 0 Å². The molecule has 0 N–H and O–H groups in total. The molecule has 5 rings (SSSR count). The molecule has 1 aliphatic heterocycles. The summed E-state index contributed by atoms with van der Waals surface area (Å²) in [6, 6.07) is 23.6. The Morgan fingerprint density at radius 1 is 0.946 bits per heavy atom. The molecule has 1 aliphatic rings. The van der Waals surface area contributed by atoms with Crippen LogP contribution in [-0.4, -0.2) is 13.7 Å². The number of fused-ring (bicyclic) bond motifs is 2. The molecule has 1 aromatic heterocycles. The zero-order valence-corrected chi connectivity index (χ0v) is 23.5. The molecular weight excluding hydrogens is 492 g/mol. The van der Waals surface area contributed by atoms with Crippen molar-refractivity contribution in [1.29, 1.82) is 0 Å². The average molecular weight is 526 g/mol. The van der Waals surface area contributed by atoms with Gasteiger partial charge in [0.05, 0.1) is 17.8 Å². The third-order valence-electron chi connectivity index (χ3n) is 6.62. The number of methoxy groups -OCH3 is 1. The minimum Gasteiger partial charge on any atom is -0.497 e. The van der Waals surface area contributed by atoms with E-state index in [9.17, 15) is 0 Å². The number of allylic oxidation sites excluding steroid dienone is 2. The lowest BCUT2D eigenvalue weighted by molar-refractivity contribution is -0.665. The maximum Gasteiger partial charge on any atom is 0.263 e. The monoisotopic (exact) mass is 525 g/mol. The Morgan fingerprint density at radius 3 is 2.49 bits per heavy atom. The molecule has 3 nitrogen and oxygen atoms in total. The maximum atomic E-state index is 5.48. The van der Waals surface area contributed by atoms with Gasteiger partial charge in [-0.1, -0.05) is 72.5 Å². The van der Waals surface area contributed by atoms with Crippen molar-refractivity contribution in [3.63, 3.8) is 0 Å². The number of thiazole rings is 1. The van der Waals surface area contributed by atoms with E-state index in [1.54, 1.807) is 7.11 Å². The van der Waals surface area contributed by atoms with E-state index in [4.69, 9.17) is 4.74 Å². The van der Waals surface area contributed by atoms with Gasteiger partial charge in [-0.15, -0.1) is 0 Å². The van der Waals surface area contributed by atoms with Crippen molar-refractivity contribution in [2.24, 2.45) is 0 Å². The van der Waals surface area contributed by atoms with Crippen molar-refractivity contribution >= 4 is 57.2 Å². The zero-order chi connectivity index (χ0) is 25.8. The van der Waals surface area contributed by atoms with Gasteiger partial charge in [0.25, 0.3) is 5.01 Å². The van der Waals surface area contributed by atoms with Crippen molar-refractivity contribution in [3.8, 4) is 5.75 Å². The van der Waals surface area contributed by atoms with Crippen LogP contribution in [0.2, 0.25) is 0 Å². The van der Waals surface area contributed by atoms with Gasteiger partial charge in [-0.25, -0.2) is 0 Å². The van der Waals surface area contributed by atoms with Crippen molar-refractivity contribution in [3.05, 3.63) is 99.5 Å². The minimum atomic E-state index is 0.901. The van der Waals surface area contributed by atoms with Crippen LogP contribution in [0.3, 0.4) is 0 Å². The number of benzene rings is 3. The number of aryl methyl sites for hydroxylation is 1. The predicted molar refractivity (Wildman–Crippen MR) is 161 cm³/mol. The van der Waals surface area contributed by atoms with Crippen molar-refractivity contribution in [1.82, 2.24) is 0 Å². The zero-order valence-electron chi connectivity index (χ0n) is 21.9. The molecule has 0 saturated heterocycles.